The summed E-state index contributed by atoms with van der Waals surface area (Å²) in [6, 6.07) is 5.11. The van der Waals surface area contributed by atoms with Crippen molar-refractivity contribution in [2.24, 2.45) is 0 Å². The zero-order chi connectivity index (χ0) is 12.9. The Hall–Kier alpha value is -0.950. The van der Waals surface area contributed by atoms with Crippen LogP contribution in [-0.2, 0) is 15.5 Å². The van der Waals surface area contributed by atoms with Crippen molar-refractivity contribution in [3.05, 3.63) is 30.1 Å². The first-order valence-corrected chi connectivity index (χ1v) is 5.99. The molecule has 1 aromatic rings. The average Bonchev–Trinajstić information content (AvgIpc) is 2.23. The van der Waals surface area contributed by atoms with Gasteiger partial charge in [-0.1, -0.05) is 6.07 Å². The van der Waals surface area contributed by atoms with Gasteiger partial charge in [0, 0.05) is 4.90 Å². The number of ether oxygens (including phenoxy) is 1. The van der Waals surface area contributed by atoms with Gasteiger partial charge in [0.25, 0.3) is 0 Å². The van der Waals surface area contributed by atoms with Crippen LogP contribution in [-0.4, -0.2) is 29.4 Å². The van der Waals surface area contributed by atoms with E-state index >= 15 is 0 Å². The highest BCUT2D eigenvalue weighted by atomic mass is 32.2. The zero-order valence-corrected chi connectivity index (χ0v) is 9.48. The van der Waals surface area contributed by atoms with E-state index in [0.717, 1.165) is 6.07 Å². The van der Waals surface area contributed by atoms with Crippen molar-refractivity contribution in [3.63, 3.8) is 0 Å². The van der Waals surface area contributed by atoms with Crippen molar-refractivity contribution in [1.82, 2.24) is 0 Å². The van der Waals surface area contributed by atoms with E-state index in [1.165, 1.54) is 18.2 Å². The van der Waals surface area contributed by atoms with E-state index in [4.69, 9.17) is 0 Å². The van der Waals surface area contributed by atoms with E-state index in [-0.39, 0.29) is 17.3 Å². The first-order valence-electron chi connectivity index (χ1n) is 4.67. The molecule has 0 heterocycles. The summed E-state index contributed by atoms with van der Waals surface area (Å²) >= 11 is 0. The van der Waals surface area contributed by atoms with Gasteiger partial charge in [-0.3, -0.25) is 4.21 Å². The summed E-state index contributed by atoms with van der Waals surface area (Å²) in [6.07, 6.45) is -4.39. The molecule has 1 rings (SSSR count). The molecule has 0 aliphatic carbocycles. The normalized spacial score (nSPS) is 13.6. The largest absolute Gasteiger partial charge is 0.411 e. The molecule has 0 spiro atoms. The van der Waals surface area contributed by atoms with Gasteiger partial charge < -0.3 is 4.74 Å². The summed E-state index contributed by atoms with van der Waals surface area (Å²) in [4.78, 5) is 0.237. The summed E-state index contributed by atoms with van der Waals surface area (Å²) < 4.78 is 63.7. The van der Waals surface area contributed by atoms with E-state index in [1.807, 2.05) is 0 Å². The first kappa shape index (κ1) is 14.1. The fraction of sp³-hybridized carbons (Fsp3) is 0.400. The molecule has 0 aliphatic rings. The summed E-state index contributed by atoms with van der Waals surface area (Å²) in [5.41, 5.74) is 0. The summed E-state index contributed by atoms with van der Waals surface area (Å²) in [7, 11) is -1.55. The molecule has 1 aromatic carbocycles. The number of rotatable bonds is 5. The van der Waals surface area contributed by atoms with Crippen LogP contribution in [0.1, 0.15) is 0 Å². The fourth-order valence-electron chi connectivity index (χ4n) is 1.05. The van der Waals surface area contributed by atoms with Gasteiger partial charge in [0.15, 0.2) is 0 Å². The molecule has 1 atom stereocenters. The molecule has 0 N–H and O–H groups in total. The molecule has 0 amide bonds. The molecule has 0 fully saturated rings. The van der Waals surface area contributed by atoms with Gasteiger partial charge in [0.1, 0.15) is 12.4 Å². The Labute approximate surface area is 98.0 Å². The van der Waals surface area contributed by atoms with E-state index in [0.29, 0.717) is 0 Å². The first-order chi connectivity index (χ1) is 7.88. The van der Waals surface area contributed by atoms with Crippen LogP contribution in [0.5, 0.6) is 0 Å². The molecular weight excluding hydrogens is 260 g/mol. The molecule has 0 aromatic heterocycles. The van der Waals surface area contributed by atoms with E-state index in [2.05, 4.69) is 4.74 Å². The van der Waals surface area contributed by atoms with Crippen LogP contribution >= 0.6 is 0 Å². The molecule has 17 heavy (non-hydrogen) atoms. The molecule has 0 aliphatic heterocycles. The van der Waals surface area contributed by atoms with E-state index in [9.17, 15) is 21.8 Å². The molecule has 96 valence electrons. The number of hydrogen-bond acceptors (Lipinski definition) is 2. The van der Waals surface area contributed by atoms with Crippen LogP contribution < -0.4 is 0 Å². The van der Waals surface area contributed by atoms with Crippen molar-refractivity contribution in [2.75, 3.05) is 19.0 Å². The highest BCUT2D eigenvalue weighted by Gasteiger charge is 2.27. The Morgan fingerprint density at radius 3 is 2.59 bits per heavy atom. The maximum Gasteiger partial charge on any atom is 0.411 e. The predicted molar refractivity (Wildman–Crippen MR) is 54.5 cm³/mol. The second-order valence-corrected chi connectivity index (χ2v) is 4.75. The highest BCUT2D eigenvalue weighted by molar-refractivity contribution is 7.85. The van der Waals surface area contributed by atoms with Crippen LogP contribution in [0.25, 0.3) is 0 Å². The Morgan fingerprint density at radius 2 is 2.00 bits per heavy atom. The van der Waals surface area contributed by atoms with Crippen molar-refractivity contribution in [1.29, 1.82) is 0 Å². The lowest BCUT2D eigenvalue weighted by atomic mass is 10.4. The maximum atomic E-state index is 12.8. The summed E-state index contributed by atoms with van der Waals surface area (Å²) in [5, 5.41) is 0. The third kappa shape index (κ3) is 5.78. The van der Waals surface area contributed by atoms with Gasteiger partial charge in [0.05, 0.1) is 23.2 Å². The van der Waals surface area contributed by atoms with Crippen LogP contribution in [0, 0.1) is 5.82 Å². The smallest absolute Gasteiger partial charge is 0.371 e. The molecule has 0 saturated carbocycles. The van der Waals surface area contributed by atoms with E-state index in [1.54, 1.807) is 0 Å². The van der Waals surface area contributed by atoms with Crippen LogP contribution in [0.4, 0.5) is 17.6 Å². The van der Waals surface area contributed by atoms with Crippen molar-refractivity contribution >= 4 is 10.8 Å². The van der Waals surface area contributed by atoms with Crippen molar-refractivity contribution < 1.29 is 26.5 Å². The Morgan fingerprint density at radius 1 is 1.29 bits per heavy atom. The number of hydrogen-bond donors (Lipinski definition) is 0. The van der Waals surface area contributed by atoms with Crippen molar-refractivity contribution in [3.8, 4) is 0 Å². The van der Waals surface area contributed by atoms with Gasteiger partial charge >= 0.3 is 6.18 Å². The minimum absolute atomic E-state index is 0.0977. The van der Waals surface area contributed by atoms with Gasteiger partial charge in [0.2, 0.25) is 0 Å². The van der Waals surface area contributed by atoms with Crippen LogP contribution in [0.3, 0.4) is 0 Å². The van der Waals surface area contributed by atoms with Crippen LogP contribution in [0.2, 0.25) is 0 Å². The lowest BCUT2D eigenvalue weighted by Crippen LogP contribution is -2.19. The number of halogens is 4. The van der Waals surface area contributed by atoms with Crippen molar-refractivity contribution in [2.45, 2.75) is 11.1 Å². The monoisotopic (exact) mass is 270 g/mol. The Kier molecular flexibility index (Phi) is 5.07. The predicted octanol–water partition coefficient (Wildman–Crippen LogP) is 2.51. The third-order valence-electron chi connectivity index (χ3n) is 1.74. The Balaban J connectivity index is 2.36. The maximum absolute atomic E-state index is 12.8. The Bertz CT molecular complexity index is 392. The van der Waals surface area contributed by atoms with Crippen LogP contribution in [0.15, 0.2) is 29.2 Å². The van der Waals surface area contributed by atoms with Gasteiger partial charge in [-0.25, -0.2) is 4.39 Å². The van der Waals surface area contributed by atoms with Gasteiger partial charge in [-0.15, -0.1) is 0 Å². The minimum atomic E-state index is -4.39. The standard InChI is InChI=1S/C10H10F4O2S/c11-8-2-1-3-9(6-8)17(15)5-4-16-7-10(12,13)14/h1-3,6H,4-5,7H2. The molecule has 0 saturated heterocycles. The van der Waals surface area contributed by atoms with Gasteiger partial charge in [-0.05, 0) is 18.2 Å². The molecule has 7 heteroatoms. The summed E-state index contributed by atoms with van der Waals surface area (Å²) in [6.45, 7) is -1.66. The molecule has 0 bridgehead atoms. The molecule has 1 unspecified atom stereocenters. The topological polar surface area (TPSA) is 26.3 Å². The number of benzene rings is 1. The lowest BCUT2D eigenvalue weighted by molar-refractivity contribution is -0.172. The van der Waals surface area contributed by atoms with E-state index < -0.39 is 29.4 Å². The SMILES string of the molecule is O=S(CCOCC(F)(F)F)c1cccc(F)c1. The summed E-state index contributed by atoms with van der Waals surface area (Å²) in [5.74, 6) is -0.633. The van der Waals surface area contributed by atoms with Gasteiger partial charge in [-0.2, -0.15) is 13.2 Å². The molecular formula is C10H10F4O2S. The molecule has 0 radical (unpaired) electrons. The second-order valence-electron chi connectivity index (χ2n) is 3.17. The second kappa shape index (κ2) is 6.11. The quantitative estimate of drug-likeness (QED) is 0.607. The zero-order valence-electron chi connectivity index (χ0n) is 8.67. The third-order valence-corrected chi connectivity index (χ3v) is 3.05. The fourth-order valence-corrected chi connectivity index (χ4v) is 2.03. The average molecular weight is 270 g/mol. The minimum Gasteiger partial charge on any atom is -0.371 e. The number of alkyl halides is 3. The highest BCUT2D eigenvalue weighted by Crippen LogP contribution is 2.14. The molecule has 2 nitrogen and oxygen atoms in total. The lowest BCUT2D eigenvalue weighted by Gasteiger charge is -2.07.